The van der Waals surface area contributed by atoms with Gasteiger partial charge in [0.1, 0.15) is 0 Å². The van der Waals surface area contributed by atoms with Gasteiger partial charge < -0.3 is 5.73 Å². The molecule has 1 rings (SSSR count). The van der Waals surface area contributed by atoms with Crippen LogP contribution in [0.4, 0.5) is 13.2 Å². The number of hydrogen-bond acceptors (Lipinski definition) is 3. The van der Waals surface area contributed by atoms with Gasteiger partial charge in [-0.2, -0.15) is 24.9 Å². The van der Waals surface area contributed by atoms with Gasteiger partial charge in [-0.1, -0.05) is 0 Å². The molecule has 1 aliphatic rings. The molecule has 2 N–H and O–H groups in total. The molecular formula is C12H23F3N2S. The van der Waals surface area contributed by atoms with Gasteiger partial charge in [0.25, 0.3) is 0 Å². The lowest BCUT2D eigenvalue weighted by Crippen LogP contribution is -2.54. The number of hydrogen-bond donors (Lipinski definition) is 1. The van der Waals surface area contributed by atoms with Crippen LogP contribution in [0, 0.1) is 0 Å². The fourth-order valence-corrected chi connectivity index (χ4v) is 3.63. The van der Waals surface area contributed by atoms with E-state index >= 15 is 0 Å². The number of nitrogens with zero attached hydrogens (tertiary/aromatic N) is 1. The maximum absolute atomic E-state index is 12.2. The number of halogens is 3. The summed E-state index contributed by atoms with van der Waals surface area (Å²) in [4.78, 5) is 2.20. The highest BCUT2D eigenvalue weighted by atomic mass is 32.2. The monoisotopic (exact) mass is 284 g/mol. The molecule has 0 aliphatic carbocycles. The van der Waals surface area contributed by atoms with E-state index in [1.54, 1.807) is 0 Å². The highest BCUT2D eigenvalue weighted by Crippen LogP contribution is 2.31. The summed E-state index contributed by atoms with van der Waals surface area (Å²) in [5.41, 5.74) is 5.48. The van der Waals surface area contributed by atoms with Crippen molar-refractivity contribution in [1.82, 2.24) is 4.90 Å². The van der Waals surface area contributed by atoms with E-state index in [4.69, 9.17) is 5.73 Å². The summed E-state index contributed by atoms with van der Waals surface area (Å²) in [5.74, 6) is 2.20. The molecule has 108 valence electrons. The molecule has 6 heteroatoms. The zero-order valence-corrected chi connectivity index (χ0v) is 11.9. The summed E-state index contributed by atoms with van der Waals surface area (Å²) < 4.78 is 36.6. The third-order valence-electron chi connectivity index (χ3n) is 3.92. The lowest BCUT2D eigenvalue weighted by atomic mass is 9.91. The number of likely N-dealkylation sites (N-methyl/N-ethyl adjacent to an activating group) is 1. The molecular weight excluding hydrogens is 261 g/mol. The Bertz CT molecular complexity index is 254. The topological polar surface area (TPSA) is 29.3 Å². The van der Waals surface area contributed by atoms with Crippen LogP contribution in [-0.4, -0.2) is 47.8 Å². The van der Waals surface area contributed by atoms with Gasteiger partial charge in [0.15, 0.2) is 0 Å². The van der Waals surface area contributed by atoms with Gasteiger partial charge in [0, 0.05) is 30.3 Å². The molecule has 0 bridgehead atoms. The van der Waals surface area contributed by atoms with Gasteiger partial charge in [-0.15, -0.1) is 0 Å². The van der Waals surface area contributed by atoms with Crippen LogP contribution in [0.15, 0.2) is 0 Å². The average Bonchev–Trinajstić information content (AvgIpc) is 2.79. The van der Waals surface area contributed by atoms with Gasteiger partial charge in [0.2, 0.25) is 0 Å². The fourth-order valence-electron chi connectivity index (χ4n) is 2.36. The predicted molar refractivity (Wildman–Crippen MR) is 70.9 cm³/mol. The zero-order chi connectivity index (χ0) is 13.8. The molecule has 1 aliphatic heterocycles. The van der Waals surface area contributed by atoms with Crippen LogP contribution in [-0.2, 0) is 0 Å². The molecule has 2 nitrogen and oxygen atoms in total. The second-order valence-corrected chi connectivity index (χ2v) is 6.45. The molecule has 0 aromatic rings. The summed E-state index contributed by atoms with van der Waals surface area (Å²) >= 11 is 1.90. The summed E-state index contributed by atoms with van der Waals surface area (Å²) in [6, 6.07) is 0.453. The van der Waals surface area contributed by atoms with Crippen molar-refractivity contribution in [3.63, 3.8) is 0 Å². The van der Waals surface area contributed by atoms with Crippen LogP contribution in [0.3, 0.4) is 0 Å². The molecule has 1 heterocycles. The third-order valence-corrected chi connectivity index (χ3v) is 5.07. The quantitative estimate of drug-likeness (QED) is 0.813. The van der Waals surface area contributed by atoms with E-state index in [0.717, 1.165) is 17.9 Å². The van der Waals surface area contributed by atoms with Gasteiger partial charge in [0.05, 0.1) is 0 Å². The molecule has 1 saturated heterocycles. The summed E-state index contributed by atoms with van der Waals surface area (Å²) in [6.45, 7) is 2.38. The summed E-state index contributed by atoms with van der Waals surface area (Å²) in [7, 11) is 2.00. The van der Waals surface area contributed by atoms with E-state index in [1.165, 1.54) is 0 Å². The summed E-state index contributed by atoms with van der Waals surface area (Å²) in [6.07, 6.45) is -3.01. The van der Waals surface area contributed by atoms with E-state index in [2.05, 4.69) is 4.90 Å². The Hall–Kier alpha value is 0.0600. The first kappa shape index (κ1) is 16.1. The second kappa shape index (κ2) is 6.48. The van der Waals surface area contributed by atoms with E-state index in [-0.39, 0.29) is 12.0 Å². The first-order valence-corrected chi connectivity index (χ1v) is 7.51. The van der Waals surface area contributed by atoms with Crippen molar-refractivity contribution >= 4 is 11.8 Å². The maximum atomic E-state index is 12.2. The fraction of sp³-hybridized carbons (Fsp3) is 1.00. The van der Waals surface area contributed by atoms with E-state index < -0.39 is 12.6 Å². The second-order valence-electron chi connectivity index (χ2n) is 5.30. The molecule has 18 heavy (non-hydrogen) atoms. The Balaban J connectivity index is 2.49. The van der Waals surface area contributed by atoms with Crippen LogP contribution in [0.2, 0.25) is 0 Å². The minimum atomic E-state index is -4.06. The van der Waals surface area contributed by atoms with Crippen molar-refractivity contribution in [3.8, 4) is 0 Å². The van der Waals surface area contributed by atoms with Crippen molar-refractivity contribution in [3.05, 3.63) is 0 Å². The van der Waals surface area contributed by atoms with Crippen molar-refractivity contribution in [2.75, 3.05) is 25.1 Å². The molecule has 0 amide bonds. The number of rotatable bonds is 6. The normalized spacial score (nSPS) is 24.5. The lowest BCUT2D eigenvalue weighted by Gasteiger charge is -2.42. The first-order chi connectivity index (χ1) is 8.28. The minimum absolute atomic E-state index is 0.154. The van der Waals surface area contributed by atoms with Crippen LogP contribution in [0.25, 0.3) is 0 Å². The third kappa shape index (κ3) is 4.63. The Labute approximate surface area is 111 Å². The standard InChI is InChI=1S/C12H23F3N2S/c1-11(9-16,5-3-6-12(13,14)15)17(2)10-4-7-18-8-10/h10H,3-9,16H2,1-2H3. The number of nitrogens with two attached hydrogens (primary N) is 1. The van der Waals surface area contributed by atoms with Gasteiger partial charge >= 0.3 is 6.18 Å². The largest absolute Gasteiger partial charge is 0.389 e. The molecule has 0 aromatic carbocycles. The SMILES string of the molecule is CN(C1CCSC1)C(C)(CN)CCCC(F)(F)F. The molecule has 2 unspecified atom stereocenters. The number of alkyl halides is 3. The highest BCUT2D eigenvalue weighted by Gasteiger charge is 2.35. The Morgan fingerprint density at radius 3 is 2.44 bits per heavy atom. The molecule has 0 radical (unpaired) electrons. The van der Waals surface area contributed by atoms with E-state index in [9.17, 15) is 13.2 Å². The Morgan fingerprint density at radius 2 is 2.00 bits per heavy atom. The van der Waals surface area contributed by atoms with Crippen molar-refractivity contribution in [2.24, 2.45) is 5.73 Å². The van der Waals surface area contributed by atoms with Crippen LogP contribution in [0.1, 0.15) is 32.6 Å². The smallest absolute Gasteiger partial charge is 0.329 e. The molecule has 0 spiro atoms. The van der Waals surface area contributed by atoms with Crippen molar-refractivity contribution < 1.29 is 13.2 Å². The van der Waals surface area contributed by atoms with Gasteiger partial charge in [-0.3, -0.25) is 4.90 Å². The summed E-state index contributed by atoms with van der Waals surface area (Å²) in [5, 5.41) is 0. The minimum Gasteiger partial charge on any atom is -0.329 e. The molecule has 2 atom stereocenters. The van der Waals surface area contributed by atoms with Crippen LogP contribution in [0.5, 0.6) is 0 Å². The number of thioether (sulfide) groups is 1. The Kier molecular flexibility index (Phi) is 5.80. The van der Waals surface area contributed by atoms with Gasteiger partial charge in [-0.05, 0) is 39.0 Å². The van der Waals surface area contributed by atoms with Crippen molar-refractivity contribution in [2.45, 2.75) is 50.4 Å². The molecule has 0 saturated carbocycles. The van der Waals surface area contributed by atoms with E-state index in [1.807, 2.05) is 25.7 Å². The zero-order valence-electron chi connectivity index (χ0n) is 11.1. The van der Waals surface area contributed by atoms with Gasteiger partial charge in [-0.25, -0.2) is 0 Å². The highest BCUT2D eigenvalue weighted by molar-refractivity contribution is 7.99. The lowest BCUT2D eigenvalue weighted by molar-refractivity contribution is -0.136. The van der Waals surface area contributed by atoms with Crippen LogP contribution < -0.4 is 5.73 Å². The first-order valence-electron chi connectivity index (χ1n) is 6.36. The van der Waals surface area contributed by atoms with Crippen molar-refractivity contribution in [1.29, 1.82) is 0 Å². The average molecular weight is 284 g/mol. The molecule has 0 aromatic heterocycles. The molecule has 1 fully saturated rings. The Morgan fingerprint density at radius 1 is 1.33 bits per heavy atom. The maximum Gasteiger partial charge on any atom is 0.389 e. The van der Waals surface area contributed by atoms with Crippen LogP contribution >= 0.6 is 11.8 Å². The van der Waals surface area contributed by atoms with E-state index in [0.29, 0.717) is 19.0 Å². The predicted octanol–water partition coefficient (Wildman–Crippen LogP) is 2.87.